The molecular weight excluding hydrogens is 560 g/mol. The molecule has 0 saturated heterocycles. The molecule has 7 aromatic carbocycles. The Morgan fingerprint density at radius 2 is 1.15 bits per heavy atom. The average molecular weight is 587 g/mol. The molecule has 9 rings (SSSR count). The molecule has 0 aliphatic rings. The fourth-order valence-electron chi connectivity index (χ4n) is 7.26. The van der Waals surface area contributed by atoms with Crippen LogP contribution >= 0.6 is 0 Å². The molecule has 0 amide bonds. The zero-order valence-electron chi connectivity index (χ0n) is 24.8. The number of nitrogens with one attached hydrogen (secondary N) is 1. The number of fused-ring (bicyclic) bond motifs is 8. The second kappa shape index (κ2) is 10.1. The van der Waals surface area contributed by atoms with Crippen molar-refractivity contribution < 1.29 is 0 Å². The number of hydrogen-bond acceptors (Lipinski definition) is 2. The minimum absolute atomic E-state index is 0.513. The van der Waals surface area contributed by atoms with Gasteiger partial charge in [-0.3, -0.25) is 0 Å². The molecular formula is C42H26N4. The first-order chi connectivity index (χ1) is 22.7. The Bertz CT molecular complexity index is 2670. The van der Waals surface area contributed by atoms with Gasteiger partial charge in [-0.1, -0.05) is 103 Å². The number of rotatable bonds is 4. The summed E-state index contributed by atoms with van der Waals surface area (Å²) in [4.78, 5) is 0. The van der Waals surface area contributed by atoms with Crippen LogP contribution in [0.5, 0.6) is 0 Å². The van der Waals surface area contributed by atoms with E-state index < -0.39 is 0 Å². The van der Waals surface area contributed by atoms with Crippen molar-refractivity contribution >= 4 is 60.6 Å². The van der Waals surface area contributed by atoms with Gasteiger partial charge >= 0.3 is 0 Å². The van der Waals surface area contributed by atoms with Crippen LogP contribution in [0, 0.1) is 16.7 Å². The van der Waals surface area contributed by atoms with Gasteiger partial charge in [0.25, 0.3) is 0 Å². The van der Waals surface area contributed by atoms with Crippen LogP contribution in [0.15, 0.2) is 146 Å². The van der Waals surface area contributed by atoms with Gasteiger partial charge in [-0.05, 0) is 64.4 Å². The smallest absolute Gasteiger partial charge is 0.101 e. The third-order valence-electron chi connectivity index (χ3n) is 9.22. The summed E-state index contributed by atoms with van der Waals surface area (Å²) in [5.41, 5.74) is 9.20. The second-order valence-corrected chi connectivity index (χ2v) is 11.7. The van der Waals surface area contributed by atoms with E-state index in [2.05, 4.69) is 118 Å². The normalized spacial score (nSPS) is 11.5. The molecule has 0 spiro atoms. The van der Waals surface area contributed by atoms with Crippen molar-refractivity contribution in [2.75, 3.05) is 0 Å². The van der Waals surface area contributed by atoms with E-state index in [9.17, 15) is 5.26 Å². The largest absolute Gasteiger partial charge is 0.309 e. The predicted molar refractivity (Wildman–Crippen MR) is 191 cm³/mol. The maximum Gasteiger partial charge on any atom is 0.101 e. The maximum absolute atomic E-state index is 10.7. The van der Waals surface area contributed by atoms with Crippen LogP contribution in [0.25, 0.3) is 76.9 Å². The van der Waals surface area contributed by atoms with E-state index in [1.54, 1.807) is 0 Å². The molecule has 0 fully saturated rings. The third kappa shape index (κ3) is 3.70. The monoisotopic (exact) mass is 586 g/mol. The first-order valence-corrected chi connectivity index (χ1v) is 15.3. The Kier molecular flexibility index (Phi) is 5.68. The lowest BCUT2D eigenvalue weighted by atomic mass is 10.0. The van der Waals surface area contributed by atoms with Gasteiger partial charge in [0.05, 0.1) is 33.3 Å². The SMILES string of the molecule is N#Cc1cc(-n2c3ccc(-c4ccccc4)cc3c3c4ccccc4ccc32)cc(C=N)c1-n1c2ccccc2c2ccccc21. The Labute approximate surface area is 265 Å². The number of nitriles is 1. The first kappa shape index (κ1) is 26.0. The fourth-order valence-corrected chi connectivity index (χ4v) is 7.26. The molecule has 0 radical (unpaired) electrons. The molecule has 0 unspecified atom stereocenters. The van der Waals surface area contributed by atoms with Crippen molar-refractivity contribution in [3.05, 3.63) is 157 Å². The summed E-state index contributed by atoms with van der Waals surface area (Å²) in [5, 5.41) is 26.2. The highest BCUT2D eigenvalue weighted by molar-refractivity contribution is 6.22. The van der Waals surface area contributed by atoms with Crippen LogP contribution in [0.2, 0.25) is 0 Å². The zero-order chi connectivity index (χ0) is 30.8. The van der Waals surface area contributed by atoms with Crippen LogP contribution in [-0.4, -0.2) is 15.3 Å². The highest BCUT2D eigenvalue weighted by atomic mass is 15.0. The summed E-state index contributed by atoms with van der Waals surface area (Å²) in [6.07, 6.45) is 1.38. The number of nitrogens with zero attached hydrogens (tertiary/aromatic N) is 3. The van der Waals surface area contributed by atoms with Crippen molar-refractivity contribution in [1.82, 2.24) is 9.13 Å². The zero-order valence-corrected chi connectivity index (χ0v) is 24.8. The van der Waals surface area contributed by atoms with Gasteiger partial charge in [0.2, 0.25) is 0 Å². The van der Waals surface area contributed by atoms with E-state index in [1.807, 2.05) is 42.5 Å². The summed E-state index contributed by atoms with van der Waals surface area (Å²) >= 11 is 0. The van der Waals surface area contributed by atoms with Gasteiger partial charge in [0.15, 0.2) is 0 Å². The summed E-state index contributed by atoms with van der Waals surface area (Å²) in [6.45, 7) is 0. The van der Waals surface area contributed by atoms with Crippen molar-refractivity contribution in [3.8, 4) is 28.6 Å². The Morgan fingerprint density at radius 3 is 1.87 bits per heavy atom. The predicted octanol–water partition coefficient (Wildman–Crippen LogP) is 10.6. The number of benzene rings is 7. The molecule has 4 nitrogen and oxygen atoms in total. The maximum atomic E-state index is 10.7. The minimum Gasteiger partial charge on any atom is -0.309 e. The van der Waals surface area contributed by atoms with E-state index in [1.165, 1.54) is 27.9 Å². The van der Waals surface area contributed by atoms with Gasteiger partial charge in [-0.25, -0.2) is 0 Å². The Morgan fingerprint density at radius 1 is 0.522 bits per heavy atom. The lowest BCUT2D eigenvalue weighted by Gasteiger charge is -2.17. The average Bonchev–Trinajstić information content (AvgIpc) is 3.64. The molecule has 0 aliphatic heterocycles. The van der Waals surface area contributed by atoms with Crippen LogP contribution in [0.1, 0.15) is 11.1 Å². The molecule has 0 aliphatic carbocycles. The molecule has 0 bridgehead atoms. The van der Waals surface area contributed by atoms with E-state index in [0.29, 0.717) is 11.1 Å². The van der Waals surface area contributed by atoms with Crippen LogP contribution in [0.3, 0.4) is 0 Å². The van der Waals surface area contributed by atoms with Crippen molar-refractivity contribution in [2.45, 2.75) is 0 Å². The second-order valence-electron chi connectivity index (χ2n) is 11.7. The molecule has 46 heavy (non-hydrogen) atoms. The van der Waals surface area contributed by atoms with Gasteiger partial charge in [0, 0.05) is 39.0 Å². The van der Waals surface area contributed by atoms with Gasteiger partial charge < -0.3 is 14.5 Å². The van der Waals surface area contributed by atoms with E-state index in [-0.39, 0.29) is 0 Å². The molecule has 0 atom stereocenters. The Hall–Kier alpha value is -6.44. The van der Waals surface area contributed by atoms with E-state index in [4.69, 9.17) is 5.41 Å². The number of para-hydroxylation sites is 2. The van der Waals surface area contributed by atoms with Crippen LogP contribution in [0.4, 0.5) is 0 Å². The molecule has 4 heteroatoms. The quantitative estimate of drug-likeness (QED) is 0.205. The van der Waals surface area contributed by atoms with Crippen LogP contribution in [-0.2, 0) is 0 Å². The lowest BCUT2D eigenvalue weighted by molar-refractivity contribution is 1.13. The van der Waals surface area contributed by atoms with Crippen molar-refractivity contribution in [3.63, 3.8) is 0 Å². The van der Waals surface area contributed by atoms with Gasteiger partial charge in [-0.2, -0.15) is 5.26 Å². The molecule has 9 aromatic rings. The summed E-state index contributed by atoms with van der Waals surface area (Å²) < 4.78 is 4.38. The van der Waals surface area contributed by atoms with Crippen LogP contribution < -0.4 is 0 Å². The van der Waals surface area contributed by atoms with Crippen molar-refractivity contribution in [2.24, 2.45) is 0 Å². The van der Waals surface area contributed by atoms with E-state index >= 15 is 0 Å². The number of aromatic nitrogens is 2. The first-order valence-electron chi connectivity index (χ1n) is 15.3. The highest BCUT2D eigenvalue weighted by Gasteiger charge is 2.21. The topological polar surface area (TPSA) is 57.5 Å². The number of hydrogen-bond donors (Lipinski definition) is 1. The minimum atomic E-state index is 0.513. The molecule has 0 saturated carbocycles. The fraction of sp³-hybridized carbons (Fsp3) is 0. The molecule has 1 N–H and O–H groups in total. The molecule has 2 heterocycles. The van der Waals surface area contributed by atoms with Gasteiger partial charge in [0.1, 0.15) is 6.07 Å². The Balaban J connectivity index is 1.37. The molecule has 2 aromatic heterocycles. The lowest BCUT2D eigenvalue weighted by Crippen LogP contribution is -2.05. The molecule has 214 valence electrons. The summed E-state index contributed by atoms with van der Waals surface area (Å²) in [6, 6.07) is 53.0. The van der Waals surface area contributed by atoms with E-state index in [0.717, 1.165) is 55.2 Å². The standard InChI is InChI=1S/C42H26N4/c43-25-30-22-32(23-31(26-44)42(30)46-37-16-8-6-14-34(37)35-15-7-9-17-38(35)46)45-39-20-19-29(27-10-2-1-3-11-27)24-36(39)41-33-13-5-4-12-28(33)18-21-40(41)45/h1-25,43H. The van der Waals surface area contributed by atoms with Crippen molar-refractivity contribution in [1.29, 1.82) is 10.7 Å². The third-order valence-corrected chi connectivity index (χ3v) is 9.22. The summed E-state index contributed by atoms with van der Waals surface area (Å²) in [5.74, 6) is 0. The summed E-state index contributed by atoms with van der Waals surface area (Å²) in [7, 11) is 0. The van der Waals surface area contributed by atoms with Gasteiger partial charge in [-0.15, -0.1) is 0 Å². The highest BCUT2D eigenvalue weighted by Crippen LogP contribution is 2.40.